The van der Waals surface area contributed by atoms with Crippen LogP contribution in [0.5, 0.6) is 5.75 Å². The number of nitrogens with zero attached hydrogens (tertiary/aromatic N) is 1. The van der Waals surface area contributed by atoms with Crippen LogP contribution in [0.15, 0.2) is 18.2 Å². The van der Waals surface area contributed by atoms with E-state index in [0.717, 1.165) is 11.4 Å². The SMILES string of the molecule is COc1ccc(N2CC3(CCCC3)C2)c(N)c1. The minimum Gasteiger partial charge on any atom is -0.497 e. The summed E-state index contributed by atoms with van der Waals surface area (Å²) in [5, 5.41) is 0. The minimum atomic E-state index is 0.617. The van der Waals surface area contributed by atoms with Crippen LogP contribution < -0.4 is 15.4 Å². The Morgan fingerprint density at radius 1 is 1.24 bits per heavy atom. The Hall–Kier alpha value is -1.38. The number of benzene rings is 1. The molecule has 17 heavy (non-hydrogen) atoms. The lowest BCUT2D eigenvalue weighted by Crippen LogP contribution is -2.55. The molecule has 2 aliphatic rings. The van der Waals surface area contributed by atoms with Gasteiger partial charge in [0.25, 0.3) is 0 Å². The topological polar surface area (TPSA) is 38.5 Å². The summed E-state index contributed by atoms with van der Waals surface area (Å²) >= 11 is 0. The van der Waals surface area contributed by atoms with Crippen LogP contribution in [0.3, 0.4) is 0 Å². The highest BCUT2D eigenvalue weighted by atomic mass is 16.5. The first-order valence-electron chi connectivity index (χ1n) is 6.41. The number of hydrogen-bond acceptors (Lipinski definition) is 3. The number of nitrogens with two attached hydrogens (primary N) is 1. The highest BCUT2D eigenvalue weighted by Crippen LogP contribution is 2.48. The Labute approximate surface area is 103 Å². The first kappa shape index (κ1) is 10.8. The average molecular weight is 232 g/mol. The zero-order chi connectivity index (χ0) is 11.9. The molecule has 0 amide bonds. The predicted molar refractivity (Wildman–Crippen MR) is 70.5 cm³/mol. The van der Waals surface area contributed by atoms with E-state index < -0.39 is 0 Å². The van der Waals surface area contributed by atoms with Crippen LogP contribution in [0.4, 0.5) is 11.4 Å². The van der Waals surface area contributed by atoms with E-state index in [2.05, 4.69) is 11.0 Å². The van der Waals surface area contributed by atoms with Crippen LogP contribution in [0.25, 0.3) is 0 Å². The van der Waals surface area contributed by atoms with E-state index in [1.807, 2.05) is 12.1 Å². The molecule has 1 saturated carbocycles. The lowest BCUT2D eigenvalue weighted by atomic mass is 9.78. The van der Waals surface area contributed by atoms with E-state index in [-0.39, 0.29) is 0 Å². The van der Waals surface area contributed by atoms with Crippen LogP contribution in [0.1, 0.15) is 25.7 Å². The predicted octanol–water partition coefficient (Wildman–Crippen LogP) is 2.66. The van der Waals surface area contributed by atoms with Crippen LogP contribution >= 0.6 is 0 Å². The van der Waals surface area contributed by atoms with Crippen LogP contribution in [0, 0.1) is 5.41 Å². The van der Waals surface area contributed by atoms with Crippen molar-refractivity contribution in [3.05, 3.63) is 18.2 Å². The van der Waals surface area contributed by atoms with Gasteiger partial charge in [-0.2, -0.15) is 0 Å². The van der Waals surface area contributed by atoms with Crippen molar-refractivity contribution in [2.75, 3.05) is 30.8 Å². The Bertz CT molecular complexity index is 416. The van der Waals surface area contributed by atoms with Crippen molar-refractivity contribution in [1.82, 2.24) is 0 Å². The Balaban J connectivity index is 1.74. The Kier molecular flexibility index (Phi) is 2.42. The zero-order valence-electron chi connectivity index (χ0n) is 10.4. The van der Waals surface area contributed by atoms with Gasteiger partial charge in [-0.15, -0.1) is 0 Å². The standard InChI is InChI=1S/C14H20N2O/c1-17-11-4-5-13(12(15)8-11)16-9-14(10-16)6-2-3-7-14/h4-5,8H,2-3,6-7,9-10,15H2,1H3. The molecule has 1 aromatic rings. The van der Waals surface area contributed by atoms with Gasteiger partial charge in [0.2, 0.25) is 0 Å². The molecule has 1 aliphatic carbocycles. The molecule has 0 unspecified atom stereocenters. The van der Waals surface area contributed by atoms with Gasteiger partial charge in [-0.25, -0.2) is 0 Å². The van der Waals surface area contributed by atoms with Crippen LogP contribution in [-0.4, -0.2) is 20.2 Å². The first-order valence-corrected chi connectivity index (χ1v) is 6.41. The fourth-order valence-corrected chi connectivity index (χ4v) is 3.32. The van der Waals surface area contributed by atoms with Gasteiger partial charge in [0.05, 0.1) is 18.5 Å². The summed E-state index contributed by atoms with van der Waals surface area (Å²) in [6.07, 6.45) is 5.62. The molecule has 92 valence electrons. The summed E-state index contributed by atoms with van der Waals surface area (Å²) in [4.78, 5) is 2.40. The highest BCUT2D eigenvalue weighted by molar-refractivity contribution is 5.70. The van der Waals surface area contributed by atoms with Gasteiger partial charge in [0, 0.05) is 24.6 Å². The molecular weight excluding hydrogens is 212 g/mol. The number of rotatable bonds is 2. The zero-order valence-corrected chi connectivity index (χ0v) is 10.4. The van der Waals surface area contributed by atoms with E-state index in [4.69, 9.17) is 10.5 Å². The minimum absolute atomic E-state index is 0.617. The van der Waals surface area contributed by atoms with Crippen molar-refractivity contribution in [3.63, 3.8) is 0 Å². The van der Waals surface area contributed by atoms with Crippen molar-refractivity contribution >= 4 is 11.4 Å². The number of nitrogen functional groups attached to an aromatic ring is 1. The van der Waals surface area contributed by atoms with Gasteiger partial charge in [-0.05, 0) is 25.0 Å². The van der Waals surface area contributed by atoms with E-state index in [9.17, 15) is 0 Å². The lowest BCUT2D eigenvalue weighted by molar-refractivity contribution is 0.222. The summed E-state index contributed by atoms with van der Waals surface area (Å²) < 4.78 is 5.18. The quantitative estimate of drug-likeness (QED) is 0.797. The number of methoxy groups -OCH3 is 1. The summed E-state index contributed by atoms with van der Waals surface area (Å²) in [6, 6.07) is 5.98. The molecule has 1 aliphatic heterocycles. The van der Waals surface area contributed by atoms with Crippen molar-refractivity contribution in [2.45, 2.75) is 25.7 Å². The normalized spacial score (nSPS) is 21.6. The third-order valence-corrected chi connectivity index (χ3v) is 4.29. The van der Waals surface area contributed by atoms with Crippen LogP contribution in [-0.2, 0) is 0 Å². The summed E-state index contributed by atoms with van der Waals surface area (Å²) in [5.74, 6) is 0.836. The van der Waals surface area contributed by atoms with Gasteiger partial charge in [0.1, 0.15) is 5.75 Å². The largest absolute Gasteiger partial charge is 0.497 e. The molecule has 2 fully saturated rings. The molecule has 3 heteroatoms. The van der Waals surface area contributed by atoms with Gasteiger partial charge in [-0.3, -0.25) is 0 Å². The second-order valence-electron chi connectivity index (χ2n) is 5.49. The lowest BCUT2D eigenvalue weighted by Gasteiger charge is -2.50. The Morgan fingerprint density at radius 2 is 1.94 bits per heavy atom. The molecule has 3 nitrogen and oxygen atoms in total. The van der Waals surface area contributed by atoms with Crippen molar-refractivity contribution in [1.29, 1.82) is 0 Å². The van der Waals surface area contributed by atoms with Gasteiger partial charge in [-0.1, -0.05) is 12.8 Å². The molecule has 0 bridgehead atoms. The summed E-state index contributed by atoms with van der Waals surface area (Å²) in [6.45, 7) is 2.37. The maximum atomic E-state index is 6.07. The number of ether oxygens (including phenoxy) is 1. The molecule has 1 heterocycles. The fourth-order valence-electron chi connectivity index (χ4n) is 3.32. The molecule has 3 rings (SSSR count). The second kappa shape index (κ2) is 3.83. The van der Waals surface area contributed by atoms with Crippen molar-refractivity contribution in [3.8, 4) is 5.75 Å². The van der Waals surface area contributed by atoms with Gasteiger partial charge in [0.15, 0.2) is 0 Å². The monoisotopic (exact) mass is 232 g/mol. The molecular formula is C14H20N2O. The van der Waals surface area contributed by atoms with Crippen molar-refractivity contribution < 1.29 is 4.74 Å². The summed E-state index contributed by atoms with van der Waals surface area (Å²) in [7, 11) is 1.67. The fraction of sp³-hybridized carbons (Fsp3) is 0.571. The van der Waals surface area contributed by atoms with Crippen LogP contribution in [0.2, 0.25) is 0 Å². The van der Waals surface area contributed by atoms with E-state index in [1.54, 1.807) is 7.11 Å². The molecule has 2 N–H and O–H groups in total. The molecule has 1 aromatic carbocycles. The molecule has 0 atom stereocenters. The van der Waals surface area contributed by atoms with Gasteiger partial charge < -0.3 is 15.4 Å². The summed E-state index contributed by atoms with van der Waals surface area (Å²) in [5.41, 5.74) is 8.69. The maximum Gasteiger partial charge on any atom is 0.121 e. The maximum absolute atomic E-state index is 6.07. The Morgan fingerprint density at radius 3 is 2.53 bits per heavy atom. The molecule has 1 spiro atoms. The number of anilines is 2. The highest BCUT2D eigenvalue weighted by Gasteiger charge is 2.44. The molecule has 0 radical (unpaired) electrons. The van der Waals surface area contributed by atoms with E-state index in [0.29, 0.717) is 5.41 Å². The first-order chi connectivity index (χ1) is 8.22. The van der Waals surface area contributed by atoms with Gasteiger partial charge >= 0.3 is 0 Å². The number of hydrogen-bond donors (Lipinski definition) is 1. The van der Waals surface area contributed by atoms with E-state index in [1.165, 1.54) is 44.5 Å². The third-order valence-electron chi connectivity index (χ3n) is 4.29. The van der Waals surface area contributed by atoms with E-state index >= 15 is 0 Å². The second-order valence-corrected chi connectivity index (χ2v) is 5.49. The molecule has 1 saturated heterocycles. The van der Waals surface area contributed by atoms with Crippen molar-refractivity contribution in [2.24, 2.45) is 5.41 Å². The molecule has 0 aromatic heterocycles. The average Bonchev–Trinajstić information content (AvgIpc) is 2.76. The smallest absolute Gasteiger partial charge is 0.121 e. The third kappa shape index (κ3) is 1.74.